The highest BCUT2D eigenvalue weighted by Gasteiger charge is 2.19. The summed E-state index contributed by atoms with van der Waals surface area (Å²) in [4.78, 5) is 4.80. The van der Waals surface area contributed by atoms with Crippen molar-refractivity contribution in [2.75, 3.05) is 19.6 Å². The van der Waals surface area contributed by atoms with Gasteiger partial charge in [-0.2, -0.15) is 5.10 Å². The fourth-order valence-corrected chi connectivity index (χ4v) is 2.94. The minimum absolute atomic E-state index is 0. The van der Waals surface area contributed by atoms with Crippen molar-refractivity contribution in [1.29, 1.82) is 0 Å². The highest BCUT2D eigenvalue weighted by molar-refractivity contribution is 14.0. The van der Waals surface area contributed by atoms with Gasteiger partial charge in [0.15, 0.2) is 5.96 Å². The lowest BCUT2D eigenvalue weighted by Crippen LogP contribution is -2.39. The molecule has 0 amide bonds. The topological polar surface area (TPSA) is 54.2 Å². The molecule has 150 valence electrons. The summed E-state index contributed by atoms with van der Waals surface area (Å²) in [5.41, 5.74) is 3.61. The maximum Gasteiger partial charge on any atom is 0.191 e. The lowest BCUT2D eigenvalue weighted by molar-refractivity contribution is 0.533. The van der Waals surface area contributed by atoms with Gasteiger partial charge in [0.05, 0.1) is 12.2 Å². The standard InChI is InChI=1S/C21H33N5.HI/c1-6-22-20(23-13-10-14-26-18(3)15-17(2)25-26)24-16-21(4,5)19-11-8-7-9-12-19;/h7-9,11-12,15H,6,10,13-14,16H2,1-5H3,(H2,22,23,24);1H. The van der Waals surface area contributed by atoms with Crippen LogP contribution in [0, 0.1) is 13.8 Å². The molecule has 0 spiro atoms. The molecule has 0 unspecified atom stereocenters. The minimum atomic E-state index is 0. The summed E-state index contributed by atoms with van der Waals surface area (Å²) in [5.74, 6) is 0.880. The Balaban J connectivity index is 0.00000364. The number of aromatic nitrogens is 2. The van der Waals surface area contributed by atoms with Crippen molar-refractivity contribution < 1.29 is 0 Å². The molecule has 5 nitrogen and oxygen atoms in total. The molecule has 1 heterocycles. The Labute approximate surface area is 181 Å². The number of hydrogen-bond acceptors (Lipinski definition) is 2. The van der Waals surface area contributed by atoms with Gasteiger partial charge in [-0.05, 0) is 38.8 Å². The van der Waals surface area contributed by atoms with Gasteiger partial charge in [-0.15, -0.1) is 24.0 Å². The van der Waals surface area contributed by atoms with E-state index in [-0.39, 0.29) is 29.4 Å². The van der Waals surface area contributed by atoms with E-state index in [2.05, 4.69) is 84.5 Å². The van der Waals surface area contributed by atoms with Crippen molar-refractivity contribution in [1.82, 2.24) is 20.4 Å². The van der Waals surface area contributed by atoms with Gasteiger partial charge in [0.2, 0.25) is 0 Å². The molecular formula is C21H34IN5. The summed E-state index contributed by atoms with van der Waals surface area (Å²) in [6.07, 6.45) is 1.01. The smallest absolute Gasteiger partial charge is 0.191 e. The van der Waals surface area contributed by atoms with E-state index in [0.29, 0.717) is 0 Å². The van der Waals surface area contributed by atoms with E-state index in [9.17, 15) is 0 Å². The fraction of sp³-hybridized carbons (Fsp3) is 0.524. The van der Waals surface area contributed by atoms with E-state index in [4.69, 9.17) is 4.99 Å². The maximum absolute atomic E-state index is 4.80. The van der Waals surface area contributed by atoms with Gasteiger partial charge in [-0.3, -0.25) is 9.67 Å². The van der Waals surface area contributed by atoms with Gasteiger partial charge in [0.1, 0.15) is 0 Å². The number of benzene rings is 1. The van der Waals surface area contributed by atoms with Crippen LogP contribution in [-0.4, -0.2) is 35.4 Å². The van der Waals surface area contributed by atoms with Crippen LogP contribution in [0.5, 0.6) is 0 Å². The zero-order chi connectivity index (χ0) is 19.0. The highest BCUT2D eigenvalue weighted by atomic mass is 127. The third kappa shape index (κ3) is 7.52. The average molecular weight is 483 g/mol. The largest absolute Gasteiger partial charge is 0.357 e. The molecule has 0 aliphatic carbocycles. The summed E-state index contributed by atoms with van der Waals surface area (Å²) >= 11 is 0. The van der Waals surface area contributed by atoms with Gasteiger partial charge >= 0.3 is 0 Å². The maximum atomic E-state index is 4.80. The van der Waals surface area contributed by atoms with Gasteiger partial charge in [0, 0.05) is 30.7 Å². The Bertz CT molecular complexity index is 707. The number of rotatable bonds is 8. The molecule has 0 atom stereocenters. The van der Waals surface area contributed by atoms with Crippen molar-refractivity contribution in [3.8, 4) is 0 Å². The molecular weight excluding hydrogens is 449 g/mol. The van der Waals surface area contributed by atoms with Gasteiger partial charge < -0.3 is 10.6 Å². The van der Waals surface area contributed by atoms with Crippen molar-refractivity contribution in [3.05, 3.63) is 53.3 Å². The third-order valence-electron chi connectivity index (χ3n) is 4.47. The molecule has 2 rings (SSSR count). The van der Waals surface area contributed by atoms with E-state index in [0.717, 1.165) is 44.3 Å². The summed E-state index contributed by atoms with van der Waals surface area (Å²) in [5, 5.41) is 11.3. The van der Waals surface area contributed by atoms with Crippen LogP contribution in [0.3, 0.4) is 0 Å². The monoisotopic (exact) mass is 483 g/mol. The molecule has 0 aliphatic heterocycles. The Morgan fingerprint density at radius 3 is 2.44 bits per heavy atom. The van der Waals surface area contributed by atoms with E-state index in [1.807, 2.05) is 6.92 Å². The fourth-order valence-electron chi connectivity index (χ4n) is 2.94. The molecule has 1 aromatic carbocycles. The molecule has 0 fully saturated rings. The summed E-state index contributed by atoms with van der Waals surface area (Å²) in [7, 11) is 0. The quantitative estimate of drug-likeness (QED) is 0.258. The number of halogens is 1. The zero-order valence-corrected chi connectivity index (χ0v) is 19.6. The third-order valence-corrected chi connectivity index (χ3v) is 4.47. The van der Waals surface area contributed by atoms with Crippen molar-refractivity contribution in [3.63, 3.8) is 0 Å². The first-order valence-corrected chi connectivity index (χ1v) is 9.51. The predicted octanol–water partition coefficient (Wildman–Crippen LogP) is 4.04. The minimum Gasteiger partial charge on any atom is -0.357 e. The van der Waals surface area contributed by atoms with Crippen LogP contribution in [-0.2, 0) is 12.0 Å². The number of nitrogens with zero attached hydrogens (tertiary/aromatic N) is 3. The van der Waals surface area contributed by atoms with Crippen LogP contribution in [0.1, 0.15) is 44.1 Å². The number of nitrogens with one attached hydrogen (secondary N) is 2. The Kier molecular flexibility index (Phi) is 9.83. The highest BCUT2D eigenvalue weighted by Crippen LogP contribution is 2.22. The van der Waals surface area contributed by atoms with Crippen molar-refractivity contribution >= 4 is 29.9 Å². The number of guanidine groups is 1. The van der Waals surface area contributed by atoms with Crippen molar-refractivity contribution in [2.24, 2.45) is 4.99 Å². The molecule has 0 saturated carbocycles. The lowest BCUT2D eigenvalue weighted by Gasteiger charge is -2.24. The van der Waals surface area contributed by atoms with Crippen LogP contribution in [0.4, 0.5) is 0 Å². The Morgan fingerprint density at radius 2 is 1.85 bits per heavy atom. The Morgan fingerprint density at radius 1 is 1.15 bits per heavy atom. The van der Waals surface area contributed by atoms with E-state index in [1.165, 1.54) is 11.3 Å². The molecule has 27 heavy (non-hydrogen) atoms. The average Bonchev–Trinajstić information content (AvgIpc) is 2.94. The van der Waals surface area contributed by atoms with E-state index < -0.39 is 0 Å². The van der Waals surface area contributed by atoms with Crippen LogP contribution in [0.25, 0.3) is 0 Å². The second-order valence-corrected chi connectivity index (χ2v) is 7.38. The summed E-state index contributed by atoms with van der Waals surface area (Å²) in [6.45, 7) is 14.1. The molecule has 2 aromatic rings. The van der Waals surface area contributed by atoms with Gasteiger partial charge in [-0.25, -0.2) is 0 Å². The first-order chi connectivity index (χ1) is 12.4. The molecule has 1 aromatic heterocycles. The Hall–Kier alpha value is -1.57. The lowest BCUT2D eigenvalue weighted by atomic mass is 9.85. The molecule has 2 N–H and O–H groups in total. The normalized spacial score (nSPS) is 11.8. The predicted molar refractivity (Wildman–Crippen MR) is 125 cm³/mol. The second kappa shape index (κ2) is 11.3. The van der Waals surface area contributed by atoms with Crippen LogP contribution in [0.2, 0.25) is 0 Å². The SMILES string of the molecule is CCNC(=NCC(C)(C)c1ccccc1)NCCCn1nc(C)cc1C.I. The zero-order valence-electron chi connectivity index (χ0n) is 17.2. The number of aliphatic imine (C=N–C) groups is 1. The van der Waals surface area contributed by atoms with Gasteiger partial charge in [-0.1, -0.05) is 44.2 Å². The van der Waals surface area contributed by atoms with Gasteiger partial charge in [0.25, 0.3) is 0 Å². The van der Waals surface area contributed by atoms with Crippen molar-refractivity contribution in [2.45, 2.75) is 53.0 Å². The van der Waals surface area contributed by atoms with Crippen LogP contribution >= 0.6 is 24.0 Å². The van der Waals surface area contributed by atoms with E-state index in [1.54, 1.807) is 0 Å². The van der Waals surface area contributed by atoms with Crippen LogP contribution < -0.4 is 10.6 Å². The number of aryl methyl sites for hydroxylation is 3. The number of hydrogen-bond donors (Lipinski definition) is 2. The van der Waals surface area contributed by atoms with E-state index >= 15 is 0 Å². The summed E-state index contributed by atoms with van der Waals surface area (Å²) < 4.78 is 2.07. The molecule has 6 heteroatoms. The molecule has 0 saturated heterocycles. The molecule has 0 radical (unpaired) electrons. The molecule has 0 aliphatic rings. The second-order valence-electron chi connectivity index (χ2n) is 7.38. The van der Waals surface area contributed by atoms with Crippen LogP contribution in [0.15, 0.2) is 41.4 Å². The molecule has 0 bridgehead atoms. The summed E-state index contributed by atoms with van der Waals surface area (Å²) in [6, 6.07) is 12.7. The first kappa shape index (κ1) is 23.5. The first-order valence-electron chi connectivity index (χ1n) is 9.51.